The molecule has 0 aliphatic heterocycles. The molecule has 1 atom stereocenters. The first kappa shape index (κ1) is 22.9. The van der Waals surface area contributed by atoms with Gasteiger partial charge in [0.1, 0.15) is 5.76 Å². The second-order valence-electron chi connectivity index (χ2n) is 8.39. The zero-order chi connectivity index (χ0) is 24.7. The minimum atomic E-state index is -0.459. The van der Waals surface area contributed by atoms with E-state index in [1.54, 1.807) is 23.6 Å². The second-order valence-corrected chi connectivity index (χ2v) is 9.56. The Bertz CT molecular complexity index is 1630. The van der Waals surface area contributed by atoms with Gasteiger partial charge in [-0.1, -0.05) is 53.7 Å². The van der Waals surface area contributed by atoms with Gasteiger partial charge in [0.25, 0.3) is 5.56 Å². The third kappa shape index (κ3) is 4.10. The first-order valence-electron chi connectivity index (χ1n) is 11.2. The topological polar surface area (TPSA) is 107 Å². The standard InChI is InChI=1S/C25H24N6O3S/c1-5-20(22(32)26-21-13-16(4)34-29-21)35-25-28-27-24-30(18-11-10-14(2)12-15(18)3)23(33)17-8-6-7-9-19(17)31(24)25/h6-13,20H,5H2,1-4H3,(H,26,29,32). The Hall–Kier alpha value is -3.92. The smallest absolute Gasteiger partial charge is 0.267 e. The van der Waals surface area contributed by atoms with E-state index < -0.39 is 5.25 Å². The van der Waals surface area contributed by atoms with Crippen LogP contribution in [0.25, 0.3) is 22.4 Å². The van der Waals surface area contributed by atoms with Crippen LogP contribution in [0.5, 0.6) is 0 Å². The normalized spacial score (nSPS) is 12.3. The fraction of sp³-hybridized carbons (Fsp3) is 0.240. The van der Waals surface area contributed by atoms with E-state index in [9.17, 15) is 9.59 Å². The maximum Gasteiger partial charge on any atom is 0.267 e. The Morgan fingerprint density at radius 2 is 1.91 bits per heavy atom. The van der Waals surface area contributed by atoms with Crippen LogP contribution < -0.4 is 10.9 Å². The van der Waals surface area contributed by atoms with Gasteiger partial charge in [-0.05, 0) is 51.0 Å². The van der Waals surface area contributed by atoms with Crippen LogP contribution in [0.4, 0.5) is 5.82 Å². The van der Waals surface area contributed by atoms with Gasteiger partial charge >= 0.3 is 0 Å². The molecule has 0 fully saturated rings. The Morgan fingerprint density at radius 3 is 2.63 bits per heavy atom. The SMILES string of the molecule is CCC(Sc1nnc2n(-c3ccc(C)cc3C)c(=O)c3ccccc3n12)C(=O)Nc1cc(C)on1. The number of hydrogen-bond donors (Lipinski definition) is 1. The highest BCUT2D eigenvalue weighted by molar-refractivity contribution is 8.00. The number of nitrogens with one attached hydrogen (secondary N) is 1. The highest BCUT2D eigenvalue weighted by Gasteiger charge is 2.25. The number of carbonyl (C=O) groups excluding carboxylic acids is 1. The molecule has 0 aliphatic rings. The number of benzene rings is 2. The highest BCUT2D eigenvalue weighted by Crippen LogP contribution is 2.29. The van der Waals surface area contributed by atoms with Gasteiger partial charge in [0, 0.05) is 6.07 Å². The zero-order valence-electron chi connectivity index (χ0n) is 19.8. The van der Waals surface area contributed by atoms with Gasteiger partial charge in [-0.15, -0.1) is 10.2 Å². The molecule has 0 aliphatic carbocycles. The number of para-hydroxylation sites is 1. The first-order valence-corrected chi connectivity index (χ1v) is 12.1. The lowest BCUT2D eigenvalue weighted by Gasteiger charge is -2.15. The molecule has 178 valence electrons. The van der Waals surface area contributed by atoms with E-state index in [2.05, 4.69) is 20.7 Å². The third-order valence-corrected chi connectivity index (χ3v) is 7.09. The summed E-state index contributed by atoms with van der Waals surface area (Å²) in [5, 5.41) is 16.0. The maximum atomic E-state index is 13.6. The summed E-state index contributed by atoms with van der Waals surface area (Å²) in [4.78, 5) is 26.5. The Balaban J connectivity index is 1.64. The largest absolute Gasteiger partial charge is 0.360 e. The molecule has 5 aromatic rings. The molecule has 1 N–H and O–H groups in total. The molecule has 0 saturated heterocycles. The van der Waals surface area contributed by atoms with Crippen molar-refractivity contribution in [3.63, 3.8) is 0 Å². The molecule has 1 amide bonds. The summed E-state index contributed by atoms with van der Waals surface area (Å²) in [6.07, 6.45) is 0.552. The first-order chi connectivity index (χ1) is 16.9. The van der Waals surface area contributed by atoms with E-state index in [-0.39, 0.29) is 11.5 Å². The molecule has 3 aromatic heterocycles. The predicted octanol–water partition coefficient (Wildman–Crippen LogP) is 4.46. The summed E-state index contributed by atoms with van der Waals surface area (Å²) in [6.45, 7) is 7.67. The summed E-state index contributed by atoms with van der Waals surface area (Å²) in [7, 11) is 0. The van der Waals surface area contributed by atoms with Gasteiger partial charge in [0.15, 0.2) is 11.0 Å². The van der Waals surface area contributed by atoms with Crippen molar-refractivity contribution in [2.45, 2.75) is 44.5 Å². The van der Waals surface area contributed by atoms with Gasteiger partial charge in [-0.25, -0.2) is 4.57 Å². The molecule has 2 aromatic carbocycles. The third-order valence-electron chi connectivity index (χ3n) is 5.78. The molecule has 0 saturated carbocycles. The summed E-state index contributed by atoms with van der Waals surface area (Å²) in [5.41, 5.74) is 3.31. The number of rotatable bonds is 6. The number of carbonyl (C=O) groups is 1. The predicted molar refractivity (Wildman–Crippen MR) is 135 cm³/mol. The van der Waals surface area contributed by atoms with E-state index in [1.807, 2.05) is 61.6 Å². The molecule has 0 spiro atoms. The van der Waals surface area contributed by atoms with Crippen LogP contribution in [0.2, 0.25) is 0 Å². The van der Waals surface area contributed by atoms with Crippen LogP contribution in [0, 0.1) is 20.8 Å². The minimum absolute atomic E-state index is 0.171. The molecular formula is C25H24N6O3S. The van der Waals surface area contributed by atoms with E-state index in [1.165, 1.54) is 11.8 Å². The van der Waals surface area contributed by atoms with Gasteiger partial charge in [0.2, 0.25) is 11.7 Å². The lowest BCUT2D eigenvalue weighted by Crippen LogP contribution is -2.25. The monoisotopic (exact) mass is 488 g/mol. The summed E-state index contributed by atoms with van der Waals surface area (Å²) in [5.74, 6) is 1.16. The number of thioether (sulfide) groups is 1. The van der Waals surface area contributed by atoms with Crippen LogP contribution in [0.15, 0.2) is 63.0 Å². The number of aromatic nitrogens is 5. The number of hydrogen-bond acceptors (Lipinski definition) is 7. The molecular weight excluding hydrogens is 464 g/mol. The van der Waals surface area contributed by atoms with Crippen molar-refractivity contribution in [1.82, 2.24) is 24.3 Å². The molecule has 9 nitrogen and oxygen atoms in total. The van der Waals surface area contributed by atoms with E-state index in [0.29, 0.717) is 39.8 Å². The fourth-order valence-electron chi connectivity index (χ4n) is 4.11. The van der Waals surface area contributed by atoms with E-state index in [0.717, 1.165) is 16.8 Å². The lowest BCUT2D eigenvalue weighted by atomic mass is 10.1. The Labute approximate surface area is 205 Å². The van der Waals surface area contributed by atoms with E-state index >= 15 is 0 Å². The Morgan fingerprint density at radius 1 is 1.11 bits per heavy atom. The number of amides is 1. The molecule has 10 heteroatoms. The van der Waals surface area contributed by atoms with E-state index in [4.69, 9.17) is 4.52 Å². The lowest BCUT2D eigenvalue weighted by molar-refractivity contribution is -0.115. The van der Waals surface area contributed by atoms with Crippen LogP contribution in [-0.4, -0.2) is 35.5 Å². The average Bonchev–Trinajstić information content (AvgIpc) is 3.44. The van der Waals surface area contributed by atoms with Crippen LogP contribution >= 0.6 is 11.8 Å². The number of aryl methyl sites for hydroxylation is 3. The molecule has 35 heavy (non-hydrogen) atoms. The van der Waals surface area contributed by atoms with Crippen molar-refractivity contribution in [3.05, 3.63) is 75.8 Å². The minimum Gasteiger partial charge on any atom is -0.360 e. The molecule has 5 rings (SSSR count). The molecule has 1 unspecified atom stereocenters. The molecule has 0 bridgehead atoms. The highest BCUT2D eigenvalue weighted by atomic mass is 32.2. The van der Waals surface area contributed by atoms with Gasteiger partial charge < -0.3 is 9.84 Å². The van der Waals surface area contributed by atoms with Crippen molar-refractivity contribution in [2.24, 2.45) is 0 Å². The summed E-state index contributed by atoms with van der Waals surface area (Å²) < 4.78 is 8.48. The second kappa shape index (κ2) is 9.03. The number of anilines is 1. The Kier molecular flexibility index (Phi) is 5.89. The van der Waals surface area contributed by atoms with Crippen LogP contribution in [0.3, 0.4) is 0 Å². The maximum absolute atomic E-state index is 13.6. The number of fused-ring (bicyclic) bond motifs is 3. The van der Waals surface area contributed by atoms with Gasteiger partial charge in [-0.2, -0.15) is 0 Å². The fourth-order valence-corrected chi connectivity index (χ4v) is 5.07. The van der Waals surface area contributed by atoms with Crippen molar-refractivity contribution >= 4 is 40.2 Å². The molecule has 3 heterocycles. The molecule has 0 radical (unpaired) electrons. The van der Waals surface area contributed by atoms with Gasteiger partial charge in [-0.3, -0.25) is 14.0 Å². The van der Waals surface area contributed by atoms with Crippen molar-refractivity contribution in [1.29, 1.82) is 0 Å². The zero-order valence-corrected chi connectivity index (χ0v) is 20.6. The van der Waals surface area contributed by atoms with Gasteiger partial charge in [0.05, 0.1) is 21.8 Å². The number of nitrogens with zero attached hydrogens (tertiary/aromatic N) is 5. The van der Waals surface area contributed by atoms with Crippen molar-refractivity contribution < 1.29 is 9.32 Å². The quantitative estimate of drug-likeness (QED) is 0.352. The summed E-state index contributed by atoms with van der Waals surface area (Å²) >= 11 is 1.29. The average molecular weight is 489 g/mol. The van der Waals surface area contributed by atoms with Crippen LogP contribution in [-0.2, 0) is 4.79 Å². The summed E-state index contributed by atoms with van der Waals surface area (Å²) in [6, 6.07) is 14.9. The van der Waals surface area contributed by atoms with Crippen LogP contribution in [0.1, 0.15) is 30.2 Å². The van der Waals surface area contributed by atoms with Crippen molar-refractivity contribution in [2.75, 3.05) is 5.32 Å². The van der Waals surface area contributed by atoms with Crippen molar-refractivity contribution in [3.8, 4) is 5.69 Å².